The molecule has 1 aliphatic rings. The molecule has 0 spiro atoms. The fraction of sp³-hybridized carbons (Fsp3) is 0. The lowest BCUT2D eigenvalue weighted by Gasteiger charge is -2.06. The number of carbonyl (C=O) groups excluding carboxylic acids is 3. The van der Waals surface area contributed by atoms with E-state index in [1.807, 2.05) is 0 Å². The van der Waals surface area contributed by atoms with Gasteiger partial charge in [-0.15, -0.1) is 0 Å². The first-order chi connectivity index (χ1) is 9.66. The topological polar surface area (TPSA) is 69.7 Å². The molecule has 0 atom stereocenters. The summed E-state index contributed by atoms with van der Waals surface area (Å²) in [4.78, 5) is 34.9. The third kappa shape index (κ3) is 1.95. The van der Waals surface area contributed by atoms with E-state index in [0.29, 0.717) is 5.56 Å². The van der Waals surface area contributed by atoms with Gasteiger partial charge in [-0.25, -0.2) is 14.4 Å². The van der Waals surface area contributed by atoms with E-state index in [9.17, 15) is 14.4 Å². The van der Waals surface area contributed by atoms with Gasteiger partial charge in [-0.1, -0.05) is 24.3 Å². The van der Waals surface area contributed by atoms with Crippen LogP contribution in [0, 0.1) is 0 Å². The number of esters is 3. The maximum absolute atomic E-state index is 11.9. The van der Waals surface area contributed by atoms with Crippen molar-refractivity contribution < 1.29 is 23.9 Å². The van der Waals surface area contributed by atoms with E-state index in [1.165, 1.54) is 18.2 Å². The zero-order valence-corrected chi connectivity index (χ0v) is 10.2. The Morgan fingerprint density at radius 3 is 2.40 bits per heavy atom. The molecule has 0 bridgehead atoms. The predicted octanol–water partition coefficient (Wildman–Crippen LogP) is 2.22. The van der Waals surface area contributed by atoms with Crippen LogP contribution in [0.5, 0.6) is 5.75 Å². The number of carbonyl (C=O) groups is 3. The Morgan fingerprint density at radius 1 is 0.900 bits per heavy atom. The molecule has 0 saturated carbocycles. The van der Waals surface area contributed by atoms with Gasteiger partial charge in [0, 0.05) is 0 Å². The Hall–Kier alpha value is -2.95. The molecule has 1 heterocycles. The second-order valence-electron chi connectivity index (χ2n) is 4.11. The molecule has 5 heteroatoms. The van der Waals surface area contributed by atoms with E-state index in [1.54, 1.807) is 30.3 Å². The number of rotatable bonds is 2. The van der Waals surface area contributed by atoms with Crippen molar-refractivity contribution in [3.8, 4) is 5.75 Å². The molecule has 98 valence electrons. The van der Waals surface area contributed by atoms with Crippen LogP contribution >= 0.6 is 0 Å². The molecule has 0 unspecified atom stereocenters. The molecule has 3 rings (SSSR count). The number of cyclic esters (lactones) is 2. The van der Waals surface area contributed by atoms with Crippen molar-refractivity contribution in [1.82, 2.24) is 0 Å². The number of ether oxygens (including phenoxy) is 2. The smallest absolute Gasteiger partial charge is 0.350 e. The highest BCUT2D eigenvalue weighted by Gasteiger charge is 2.33. The van der Waals surface area contributed by atoms with E-state index < -0.39 is 17.9 Å². The van der Waals surface area contributed by atoms with Crippen LogP contribution in [-0.2, 0) is 4.74 Å². The van der Waals surface area contributed by atoms with Crippen LogP contribution in [0.3, 0.4) is 0 Å². The molecule has 5 nitrogen and oxygen atoms in total. The number of hydrogen-bond donors (Lipinski definition) is 0. The summed E-state index contributed by atoms with van der Waals surface area (Å²) in [6, 6.07) is 12.8. The van der Waals surface area contributed by atoms with Crippen molar-refractivity contribution in [1.29, 1.82) is 0 Å². The van der Waals surface area contributed by atoms with Crippen LogP contribution in [0.2, 0.25) is 0 Å². The van der Waals surface area contributed by atoms with Crippen molar-refractivity contribution in [3.63, 3.8) is 0 Å². The fourth-order valence-corrected chi connectivity index (χ4v) is 1.92. The third-order valence-corrected chi connectivity index (χ3v) is 2.85. The first kappa shape index (κ1) is 12.1. The van der Waals surface area contributed by atoms with E-state index in [-0.39, 0.29) is 16.9 Å². The standard InChI is InChI=1S/C15H8O5/c16-13(9-5-2-1-3-6-9)19-11-8-4-7-10-12(11)15(18)20-14(10)17/h1-8H. The maximum Gasteiger partial charge on any atom is 0.350 e. The Kier molecular flexibility index (Phi) is 2.80. The van der Waals surface area contributed by atoms with Gasteiger partial charge in [-0.2, -0.15) is 0 Å². The van der Waals surface area contributed by atoms with Crippen LogP contribution < -0.4 is 4.74 Å². The predicted molar refractivity (Wildman–Crippen MR) is 67.6 cm³/mol. The molecule has 2 aromatic carbocycles. The van der Waals surface area contributed by atoms with Crippen molar-refractivity contribution >= 4 is 17.9 Å². The molecule has 0 N–H and O–H groups in total. The Morgan fingerprint density at radius 2 is 1.65 bits per heavy atom. The lowest BCUT2D eigenvalue weighted by Crippen LogP contribution is -2.10. The first-order valence-corrected chi connectivity index (χ1v) is 5.83. The van der Waals surface area contributed by atoms with Crippen LogP contribution in [-0.4, -0.2) is 17.9 Å². The van der Waals surface area contributed by atoms with Crippen molar-refractivity contribution in [3.05, 3.63) is 65.2 Å². The average molecular weight is 268 g/mol. The minimum atomic E-state index is -0.804. The second-order valence-corrected chi connectivity index (χ2v) is 4.11. The van der Waals surface area contributed by atoms with E-state index in [0.717, 1.165) is 0 Å². The molecular formula is C15H8O5. The summed E-state index contributed by atoms with van der Waals surface area (Å²) in [5.41, 5.74) is 0.443. The summed E-state index contributed by atoms with van der Waals surface area (Å²) in [5, 5.41) is 0. The highest BCUT2D eigenvalue weighted by Crippen LogP contribution is 2.29. The average Bonchev–Trinajstić information content (AvgIpc) is 2.76. The summed E-state index contributed by atoms with van der Waals surface area (Å²) in [7, 11) is 0. The van der Waals surface area contributed by atoms with Gasteiger partial charge < -0.3 is 9.47 Å². The zero-order chi connectivity index (χ0) is 14.1. The van der Waals surface area contributed by atoms with Gasteiger partial charge in [0.05, 0.1) is 11.1 Å². The summed E-state index contributed by atoms with van der Waals surface area (Å²) in [6.45, 7) is 0. The summed E-state index contributed by atoms with van der Waals surface area (Å²) in [5.74, 6) is -2.12. The van der Waals surface area contributed by atoms with Crippen LogP contribution in [0.15, 0.2) is 48.5 Å². The highest BCUT2D eigenvalue weighted by molar-refractivity contribution is 6.16. The molecule has 20 heavy (non-hydrogen) atoms. The molecule has 0 fully saturated rings. The SMILES string of the molecule is O=C(Oc1cccc2c1C(=O)OC2=O)c1ccccc1. The van der Waals surface area contributed by atoms with Crippen molar-refractivity contribution in [2.75, 3.05) is 0 Å². The molecular weight excluding hydrogens is 260 g/mol. The van der Waals surface area contributed by atoms with Crippen LogP contribution in [0.1, 0.15) is 31.1 Å². The molecule has 1 aliphatic heterocycles. The summed E-state index contributed by atoms with van der Waals surface area (Å²) < 4.78 is 9.66. The quantitative estimate of drug-likeness (QED) is 0.474. The Balaban J connectivity index is 1.96. The minimum absolute atomic E-state index is 0.0122. The molecule has 2 aromatic rings. The highest BCUT2D eigenvalue weighted by atomic mass is 16.6. The fourth-order valence-electron chi connectivity index (χ4n) is 1.92. The molecule has 0 amide bonds. The van der Waals surface area contributed by atoms with Crippen molar-refractivity contribution in [2.45, 2.75) is 0 Å². The van der Waals surface area contributed by atoms with Gasteiger partial charge in [0.2, 0.25) is 0 Å². The summed E-state index contributed by atoms with van der Waals surface area (Å²) in [6.07, 6.45) is 0. The zero-order valence-electron chi connectivity index (χ0n) is 10.2. The number of fused-ring (bicyclic) bond motifs is 1. The van der Waals surface area contributed by atoms with E-state index >= 15 is 0 Å². The van der Waals surface area contributed by atoms with Crippen molar-refractivity contribution in [2.24, 2.45) is 0 Å². The van der Waals surface area contributed by atoms with Crippen LogP contribution in [0.4, 0.5) is 0 Å². The van der Waals surface area contributed by atoms with Gasteiger partial charge in [0.25, 0.3) is 0 Å². The van der Waals surface area contributed by atoms with E-state index in [2.05, 4.69) is 4.74 Å². The molecule has 0 saturated heterocycles. The van der Waals surface area contributed by atoms with Gasteiger partial charge in [0.15, 0.2) is 0 Å². The normalized spacial score (nSPS) is 12.8. The molecule has 0 radical (unpaired) electrons. The maximum atomic E-state index is 11.9. The van der Waals surface area contributed by atoms with Gasteiger partial charge in [-0.05, 0) is 24.3 Å². The lowest BCUT2D eigenvalue weighted by atomic mass is 10.1. The molecule has 0 aromatic heterocycles. The first-order valence-electron chi connectivity index (χ1n) is 5.83. The lowest BCUT2D eigenvalue weighted by molar-refractivity contribution is 0.0443. The number of hydrogen-bond acceptors (Lipinski definition) is 5. The summed E-state index contributed by atoms with van der Waals surface area (Å²) >= 11 is 0. The molecule has 0 aliphatic carbocycles. The van der Waals surface area contributed by atoms with Gasteiger partial charge in [0.1, 0.15) is 11.3 Å². The second kappa shape index (κ2) is 4.62. The van der Waals surface area contributed by atoms with E-state index in [4.69, 9.17) is 4.74 Å². The third-order valence-electron chi connectivity index (χ3n) is 2.85. The Labute approximate surface area is 113 Å². The number of benzene rings is 2. The largest absolute Gasteiger partial charge is 0.422 e. The van der Waals surface area contributed by atoms with Gasteiger partial charge in [-0.3, -0.25) is 0 Å². The monoisotopic (exact) mass is 268 g/mol. The Bertz CT molecular complexity index is 718. The minimum Gasteiger partial charge on any atom is -0.422 e. The van der Waals surface area contributed by atoms with Gasteiger partial charge >= 0.3 is 17.9 Å². The van der Waals surface area contributed by atoms with Crippen LogP contribution in [0.25, 0.3) is 0 Å².